The van der Waals surface area contributed by atoms with Gasteiger partial charge in [-0.1, -0.05) is 57.4 Å². The van der Waals surface area contributed by atoms with Gasteiger partial charge in [0.15, 0.2) is 11.6 Å². The maximum absolute atomic E-state index is 14.4. The monoisotopic (exact) mass is 344 g/mol. The lowest BCUT2D eigenvalue weighted by molar-refractivity contribution is 0.414. The second-order valence-electron chi connectivity index (χ2n) is 6.17. The van der Waals surface area contributed by atoms with Crippen LogP contribution < -0.4 is 4.74 Å². The van der Waals surface area contributed by atoms with Crippen LogP contribution in [0.5, 0.6) is 5.75 Å². The third-order valence-corrected chi connectivity index (χ3v) is 4.12. The zero-order valence-corrected chi connectivity index (χ0v) is 15.0. The highest BCUT2D eigenvalue weighted by molar-refractivity contribution is 5.65. The molecule has 0 radical (unpaired) electrons. The summed E-state index contributed by atoms with van der Waals surface area (Å²) < 4.78 is 33.9. The lowest BCUT2D eigenvalue weighted by Gasteiger charge is -2.09. The van der Waals surface area contributed by atoms with E-state index in [4.69, 9.17) is 4.74 Å². The van der Waals surface area contributed by atoms with E-state index in [1.165, 1.54) is 17.9 Å². The van der Waals surface area contributed by atoms with E-state index in [0.29, 0.717) is 5.56 Å². The van der Waals surface area contributed by atoms with Gasteiger partial charge in [-0.2, -0.15) is 4.39 Å². The Hall–Kier alpha value is -2.16. The highest BCUT2D eigenvalue weighted by Crippen LogP contribution is 2.30. The summed E-state index contributed by atoms with van der Waals surface area (Å²) in [6, 6.07) is 10.6. The van der Waals surface area contributed by atoms with Crippen LogP contribution >= 0.6 is 0 Å². The van der Waals surface area contributed by atoms with Gasteiger partial charge in [-0.15, -0.1) is 0 Å². The number of halogens is 2. The number of allylic oxidation sites excluding steroid dienone is 1. The molecule has 0 aliphatic rings. The number of aryl methyl sites for hydroxylation is 1. The summed E-state index contributed by atoms with van der Waals surface area (Å²) >= 11 is 0. The van der Waals surface area contributed by atoms with Crippen molar-refractivity contribution in [3.05, 3.63) is 65.9 Å². The van der Waals surface area contributed by atoms with Crippen LogP contribution in [-0.4, -0.2) is 0 Å². The van der Waals surface area contributed by atoms with Gasteiger partial charge in [-0.25, -0.2) is 4.39 Å². The van der Waals surface area contributed by atoms with E-state index in [-0.39, 0.29) is 11.3 Å². The Balaban J connectivity index is 2.08. The number of rotatable bonds is 9. The van der Waals surface area contributed by atoms with E-state index >= 15 is 0 Å². The zero-order chi connectivity index (χ0) is 18.1. The molecule has 0 bridgehead atoms. The van der Waals surface area contributed by atoms with Gasteiger partial charge < -0.3 is 4.74 Å². The van der Waals surface area contributed by atoms with Crippen LogP contribution in [0.1, 0.15) is 51.5 Å². The summed E-state index contributed by atoms with van der Waals surface area (Å²) in [6.07, 6.45) is 9.56. The van der Waals surface area contributed by atoms with Crippen molar-refractivity contribution < 1.29 is 13.5 Å². The summed E-state index contributed by atoms with van der Waals surface area (Å²) in [5.41, 5.74) is 2.11. The van der Waals surface area contributed by atoms with Crippen molar-refractivity contribution in [3.8, 4) is 16.9 Å². The van der Waals surface area contributed by atoms with Crippen LogP contribution in [0.4, 0.5) is 8.78 Å². The van der Waals surface area contributed by atoms with Gasteiger partial charge >= 0.3 is 0 Å². The molecule has 2 aromatic carbocycles. The van der Waals surface area contributed by atoms with Crippen molar-refractivity contribution in [3.63, 3.8) is 0 Å². The van der Waals surface area contributed by atoms with Gasteiger partial charge in [0.05, 0.1) is 6.26 Å². The first kappa shape index (κ1) is 19.2. The van der Waals surface area contributed by atoms with E-state index in [1.54, 1.807) is 6.07 Å². The van der Waals surface area contributed by atoms with Gasteiger partial charge in [-0.3, -0.25) is 0 Å². The molecule has 0 saturated carbocycles. The molecule has 0 aliphatic heterocycles. The summed E-state index contributed by atoms with van der Waals surface area (Å²) in [6.45, 7) is 4.25. The minimum atomic E-state index is -0.951. The number of hydrogen-bond donors (Lipinski definition) is 0. The molecule has 0 spiro atoms. The molecule has 134 valence electrons. The molecule has 0 saturated heterocycles. The van der Waals surface area contributed by atoms with Gasteiger partial charge in [0, 0.05) is 5.56 Å². The summed E-state index contributed by atoms with van der Waals surface area (Å²) in [5.74, 6) is -1.91. The van der Waals surface area contributed by atoms with Crippen molar-refractivity contribution in [2.24, 2.45) is 0 Å². The third kappa shape index (κ3) is 5.42. The molecule has 0 heterocycles. The molecule has 0 atom stereocenters. The standard InChI is InChI=1S/C22H26F2O/c1-3-5-6-7-8-16-25-20-15-14-19(21(23)22(20)24)18-12-10-17(9-4-2)11-13-18/h8,10-16H,3-7,9H2,1-2H3/b16-8+. The minimum Gasteiger partial charge on any atom is -0.462 e. The number of hydrogen-bond acceptors (Lipinski definition) is 1. The first-order valence-corrected chi connectivity index (χ1v) is 9.06. The van der Waals surface area contributed by atoms with E-state index < -0.39 is 11.6 Å². The average molecular weight is 344 g/mol. The Morgan fingerprint density at radius 2 is 1.64 bits per heavy atom. The molecule has 0 fully saturated rings. The van der Waals surface area contributed by atoms with Crippen LogP contribution in [-0.2, 0) is 6.42 Å². The van der Waals surface area contributed by atoms with Crippen molar-refractivity contribution in [1.82, 2.24) is 0 Å². The normalized spacial score (nSPS) is 11.2. The Morgan fingerprint density at radius 1 is 0.880 bits per heavy atom. The van der Waals surface area contributed by atoms with Gasteiger partial charge in [-0.05, 0) is 48.6 Å². The predicted molar refractivity (Wildman–Crippen MR) is 99.7 cm³/mol. The Bertz CT molecular complexity index is 690. The second-order valence-corrected chi connectivity index (χ2v) is 6.17. The number of benzene rings is 2. The van der Waals surface area contributed by atoms with E-state index in [9.17, 15) is 8.78 Å². The molecule has 1 nitrogen and oxygen atoms in total. The van der Waals surface area contributed by atoms with Crippen molar-refractivity contribution >= 4 is 0 Å². The number of ether oxygens (including phenoxy) is 1. The summed E-state index contributed by atoms with van der Waals surface area (Å²) in [4.78, 5) is 0. The second kappa shape index (κ2) is 9.97. The first-order valence-electron chi connectivity index (χ1n) is 9.06. The van der Waals surface area contributed by atoms with Crippen LogP contribution in [0.2, 0.25) is 0 Å². The van der Waals surface area contributed by atoms with Crippen molar-refractivity contribution in [2.75, 3.05) is 0 Å². The molecular formula is C22H26F2O. The molecule has 2 aromatic rings. The topological polar surface area (TPSA) is 9.23 Å². The molecule has 0 amide bonds. The lowest BCUT2D eigenvalue weighted by atomic mass is 10.0. The highest BCUT2D eigenvalue weighted by atomic mass is 19.2. The maximum atomic E-state index is 14.4. The van der Waals surface area contributed by atoms with Crippen LogP contribution in [0.15, 0.2) is 48.7 Å². The van der Waals surface area contributed by atoms with Crippen LogP contribution in [0.3, 0.4) is 0 Å². The van der Waals surface area contributed by atoms with E-state index in [1.807, 2.05) is 30.3 Å². The molecule has 25 heavy (non-hydrogen) atoms. The fraction of sp³-hybridized carbons (Fsp3) is 0.364. The SMILES string of the molecule is CCCCC/C=C/Oc1ccc(-c2ccc(CCC)cc2)c(F)c1F. The van der Waals surface area contributed by atoms with Crippen molar-refractivity contribution in [1.29, 1.82) is 0 Å². The molecular weight excluding hydrogens is 318 g/mol. The van der Waals surface area contributed by atoms with E-state index in [0.717, 1.165) is 38.5 Å². The Morgan fingerprint density at radius 3 is 2.32 bits per heavy atom. The van der Waals surface area contributed by atoms with Gasteiger partial charge in [0.1, 0.15) is 0 Å². The number of unbranched alkanes of at least 4 members (excludes halogenated alkanes) is 3. The zero-order valence-electron chi connectivity index (χ0n) is 15.0. The quantitative estimate of drug-likeness (QED) is 0.349. The predicted octanol–water partition coefficient (Wildman–Crippen LogP) is 7.06. The minimum absolute atomic E-state index is 0.0874. The largest absolute Gasteiger partial charge is 0.462 e. The average Bonchev–Trinajstić information content (AvgIpc) is 2.63. The first-order chi connectivity index (χ1) is 12.2. The molecule has 2 rings (SSSR count). The van der Waals surface area contributed by atoms with Gasteiger partial charge in [0.25, 0.3) is 0 Å². The highest BCUT2D eigenvalue weighted by Gasteiger charge is 2.15. The smallest absolute Gasteiger partial charge is 0.201 e. The maximum Gasteiger partial charge on any atom is 0.201 e. The van der Waals surface area contributed by atoms with Crippen molar-refractivity contribution in [2.45, 2.75) is 52.4 Å². The summed E-state index contributed by atoms with van der Waals surface area (Å²) in [7, 11) is 0. The Kier molecular flexibility index (Phi) is 7.65. The molecule has 3 heteroatoms. The molecule has 0 aliphatic carbocycles. The molecule has 0 aromatic heterocycles. The fourth-order valence-electron chi connectivity index (χ4n) is 2.69. The van der Waals surface area contributed by atoms with E-state index in [2.05, 4.69) is 13.8 Å². The van der Waals surface area contributed by atoms with Gasteiger partial charge in [0.2, 0.25) is 5.82 Å². The lowest BCUT2D eigenvalue weighted by Crippen LogP contribution is -1.95. The van der Waals surface area contributed by atoms with Crippen LogP contribution in [0, 0.1) is 11.6 Å². The third-order valence-electron chi connectivity index (χ3n) is 4.12. The summed E-state index contributed by atoms with van der Waals surface area (Å²) in [5, 5.41) is 0. The fourth-order valence-corrected chi connectivity index (χ4v) is 2.69. The molecule has 0 unspecified atom stereocenters. The Labute approximate surface area is 149 Å². The molecule has 0 N–H and O–H groups in total. The van der Waals surface area contributed by atoms with Crippen LogP contribution in [0.25, 0.3) is 11.1 Å².